The molecule has 0 aliphatic heterocycles. The van der Waals surface area contributed by atoms with Gasteiger partial charge in [0, 0.05) is 22.7 Å². The Kier molecular flexibility index (Phi) is 9.44. The number of hydrogen-bond acceptors (Lipinski definition) is 6. The van der Waals surface area contributed by atoms with Crippen LogP contribution in [0.15, 0.2) is 60.7 Å². The van der Waals surface area contributed by atoms with Crippen LogP contribution in [0.3, 0.4) is 0 Å². The van der Waals surface area contributed by atoms with E-state index in [2.05, 4.69) is 10.5 Å². The number of hydrogen-bond donors (Lipinski definition) is 2. The van der Waals surface area contributed by atoms with Gasteiger partial charge in [-0.15, -0.1) is 0 Å². The van der Waals surface area contributed by atoms with Crippen molar-refractivity contribution in [3.63, 3.8) is 0 Å². The first kappa shape index (κ1) is 22.6. The maximum Gasteiger partial charge on any atom is 0.367 e. The lowest BCUT2D eigenvalue weighted by atomic mass is 10.3. The third-order valence-corrected chi connectivity index (χ3v) is 6.51. The molecule has 0 bridgehead atoms. The summed E-state index contributed by atoms with van der Waals surface area (Å²) in [5.74, 6) is -1.74. The molecule has 2 aromatic rings. The van der Waals surface area contributed by atoms with E-state index in [0.29, 0.717) is 17.2 Å². The lowest BCUT2D eigenvalue weighted by Crippen LogP contribution is -2.67. The van der Waals surface area contributed by atoms with Gasteiger partial charge in [-0.2, -0.15) is 0 Å². The van der Waals surface area contributed by atoms with Crippen molar-refractivity contribution < 1.29 is 34.8 Å². The summed E-state index contributed by atoms with van der Waals surface area (Å²) in [4.78, 5) is 21.4. The second kappa shape index (κ2) is 11.3. The van der Waals surface area contributed by atoms with Crippen LogP contribution in [0.1, 0.15) is 6.92 Å². The highest BCUT2D eigenvalue weighted by Crippen LogP contribution is 2.42. The molecule has 27 heavy (non-hydrogen) atoms. The molecule has 0 saturated carbocycles. The van der Waals surface area contributed by atoms with Crippen molar-refractivity contribution in [1.29, 1.82) is 0 Å². The molecule has 0 radical (unpaired) electrons. The number of aliphatic hydroxyl groups is 1. The van der Waals surface area contributed by atoms with Crippen LogP contribution in [0.2, 0.25) is 0 Å². The van der Waals surface area contributed by atoms with Gasteiger partial charge >= 0.3 is 5.97 Å². The molecule has 0 aromatic heterocycles. The third kappa shape index (κ3) is 6.98. The molecule has 1 atom stereocenters. The Bertz CT molecular complexity index is 723. The van der Waals surface area contributed by atoms with Gasteiger partial charge in [-0.1, -0.05) is 60.7 Å². The van der Waals surface area contributed by atoms with Crippen LogP contribution >= 0.6 is 7.14 Å². The van der Waals surface area contributed by atoms with Crippen molar-refractivity contribution in [2.45, 2.75) is 13.0 Å². The molecule has 4 N–H and O–H groups in total. The Morgan fingerprint density at radius 3 is 1.85 bits per heavy atom. The summed E-state index contributed by atoms with van der Waals surface area (Å²) >= 11 is 0. The molecular weight excluding hydrogens is 369 g/mol. The molecule has 0 spiro atoms. The van der Waals surface area contributed by atoms with E-state index in [4.69, 9.17) is 5.11 Å². The maximum atomic E-state index is 13.0. The van der Waals surface area contributed by atoms with Crippen LogP contribution in [-0.4, -0.2) is 42.5 Å². The summed E-state index contributed by atoms with van der Waals surface area (Å²) in [6, 6.07) is 16.7. The largest absolute Gasteiger partial charge is 0.550 e. The topological polar surface area (TPSA) is 131 Å². The molecule has 0 aliphatic carbocycles. The smallest absolute Gasteiger partial charge is 0.367 e. The van der Waals surface area contributed by atoms with Crippen LogP contribution in [0, 0.1) is 0 Å². The van der Waals surface area contributed by atoms with E-state index in [1.165, 1.54) is 0 Å². The number of esters is 1. The molecule has 146 valence electrons. The van der Waals surface area contributed by atoms with Crippen molar-refractivity contribution in [3.8, 4) is 0 Å². The number of quaternary nitrogens is 1. The van der Waals surface area contributed by atoms with Gasteiger partial charge in [-0.3, -0.25) is 0 Å². The van der Waals surface area contributed by atoms with Gasteiger partial charge in [0.25, 0.3) is 0 Å². The molecule has 7 nitrogen and oxygen atoms in total. The summed E-state index contributed by atoms with van der Waals surface area (Å²) in [6.07, 6.45) is -0.471. The van der Waals surface area contributed by atoms with Crippen LogP contribution in [0.5, 0.6) is 0 Å². The van der Waals surface area contributed by atoms with Crippen LogP contribution in [-0.2, 0) is 18.9 Å². The lowest BCUT2D eigenvalue weighted by molar-refractivity contribution is -0.413. The fourth-order valence-corrected chi connectivity index (χ4v) is 4.52. The number of carbonyl (C=O) groups is 2. The number of rotatable bonds is 7. The van der Waals surface area contributed by atoms with Crippen molar-refractivity contribution in [3.05, 3.63) is 60.7 Å². The van der Waals surface area contributed by atoms with Gasteiger partial charge in [-0.05, 0) is 6.92 Å². The number of carboxylic acids is 1. The van der Waals surface area contributed by atoms with E-state index in [9.17, 15) is 19.3 Å². The van der Waals surface area contributed by atoms with Gasteiger partial charge in [0.05, 0.1) is 6.61 Å². The highest BCUT2D eigenvalue weighted by atomic mass is 31.2. The van der Waals surface area contributed by atoms with Crippen molar-refractivity contribution >= 4 is 29.7 Å². The molecular formula is C19H24NO6P. The number of aliphatic hydroxyl groups excluding tert-OH is 1. The number of ether oxygens (including phenoxy) is 1. The summed E-state index contributed by atoms with van der Waals surface area (Å²) in [5.41, 5.74) is 3.35. The predicted octanol–water partition coefficient (Wildman–Crippen LogP) is -1.10. The van der Waals surface area contributed by atoms with Crippen LogP contribution < -0.4 is 21.4 Å². The monoisotopic (exact) mass is 393 g/mol. The Balaban J connectivity index is 0.000000345. The molecule has 0 fully saturated rings. The minimum atomic E-state index is -3.14. The van der Waals surface area contributed by atoms with E-state index in [1.54, 1.807) is 67.6 Å². The second-order valence-corrected chi connectivity index (χ2v) is 8.40. The Morgan fingerprint density at radius 1 is 1.07 bits per heavy atom. The molecule has 0 aliphatic rings. The van der Waals surface area contributed by atoms with E-state index < -0.39 is 31.3 Å². The van der Waals surface area contributed by atoms with Gasteiger partial charge < -0.3 is 30.0 Å². The number of carbonyl (C=O) groups excluding carboxylic acids is 2. The molecule has 0 heterocycles. The molecule has 1 unspecified atom stereocenters. The minimum Gasteiger partial charge on any atom is -0.550 e. The average Bonchev–Trinajstić information content (AvgIpc) is 2.69. The normalized spacial score (nSPS) is 11.7. The van der Waals surface area contributed by atoms with Gasteiger partial charge in [0.15, 0.2) is 0 Å². The Labute approximate surface area is 158 Å². The highest BCUT2D eigenvalue weighted by Gasteiger charge is 2.26. The first-order valence-electron chi connectivity index (χ1n) is 8.35. The summed E-state index contributed by atoms with van der Waals surface area (Å²) < 4.78 is 17.5. The first-order chi connectivity index (χ1) is 12.8. The van der Waals surface area contributed by atoms with Crippen LogP contribution in [0.25, 0.3) is 0 Å². The van der Waals surface area contributed by atoms with Gasteiger partial charge in [-0.25, -0.2) is 4.79 Å². The van der Waals surface area contributed by atoms with Gasteiger partial charge in [0.2, 0.25) is 6.04 Å². The van der Waals surface area contributed by atoms with E-state index in [1.807, 2.05) is 0 Å². The molecule has 2 rings (SSSR count). The Morgan fingerprint density at radius 2 is 1.52 bits per heavy atom. The molecule has 8 heteroatoms. The zero-order valence-electron chi connectivity index (χ0n) is 15.1. The summed E-state index contributed by atoms with van der Waals surface area (Å²) in [7, 11) is -3.14. The van der Waals surface area contributed by atoms with E-state index in [-0.39, 0.29) is 6.61 Å². The number of benzene rings is 2. The number of aliphatic carboxylic acids is 1. The quantitative estimate of drug-likeness (QED) is 0.454. The zero-order valence-corrected chi connectivity index (χ0v) is 16.0. The summed E-state index contributed by atoms with van der Waals surface area (Å²) in [5, 5.41) is 20.3. The first-order valence-corrected chi connectivity index (χ1v) is 10.2. The SMILES string of the molecule is CCOC(=O)C([NH3+])CO.O=C([O-])CP(=O)(c1ccccc1)c1ccccc1. The van der Waals surface area contributed by atoms with Crippen molar-refractivity contribution in [2.24, 2.45) is 0 Å². The fourth-order valence-electron chi connectivity index (χ4n) is 2.19. The van der Waals surface area contributed by atoms with E-state index in [0.717, 1.165) is 0 Å². The fraction of sp³-hybridized carbons (Fsp3) is 0.263. The van der Waals surface area contributed by atoms with Crippen molar-refractivity contribution in [1.82, 2.24) is 0 Å². The third-order valence-electron chi connectivity index (χ3n) is 3.54. The average molecular weight is 393 g/mol. The van der Waals surface area contributed by atoms with Crippen LogP contribution in [0.4, 0.5) is 0 Å². The standard InChI is InChI=1S/C14H13O3P.C5H11NO3/c15-14(16)11-18(17,12-7-3-1-4-8-12)13-9-5-2-6-10-13;1-2-9-5(8)4(6)3-7/h1-10H,11H2,(H,15,16);4,7H,2-3,6H2,1H3. The zero-order chi connectivity index (χ0) is 20.3. The predicted molar refractivity (Wildman–Crippen MR) is 100 cm³/mol. The second-order valence-electron chi connectivity index (χ2n) is 5.57. The Hall–Kier alpha value is -2.47. The molecule has 0 amide bonds. The van der Waals surface area contributed by atoms with E-state index >= 15 is 0 Å². The van der Waals surface area contributed by atoms with Gasteiger partial charge in [0.1, 0.15) is 13.7 Å². The molecule has 2 aromatic carbocycles. The summed E-state index contributed by atoms with van der Waals surface area (Å²) in [6.45, 7) is 1.80. The maximum absolute atomic E-state index is 13.0. The highest BCUT2D eigenvalue weighted by molar-refractivity contribution is 7.79. The molecule has 0 saturated heterocycles. The number of carboxylic acid groups (broad SMARTS) is 1. The van der Waals surface area contributed by atoms with Crippen molar-refractivity contribution in [2.75, 3.05) is 19.4 Å². The lowest BCUT2D eigenvalue weighted by Gasteiger charge is -2.19. The minimum absolute atomic E-state index is 0.251.